The van der Waals surface area contributed by atoms with Crippen LogP contribution >= 0.6 is 0 Å². The first-order chi connectivity index (χ1) is 14.5. The predicted octanol–water partition coefficient (Wildman–Crippen LogP) is 4.07. The SMILES string of the molecule is CCc1ccc(CCC(=O)Nc2cc(OC)c(OC)cc2C(=O)N2CCCC2)cc1. The number of carbonyl (C=O) groups is 2. The van der Waals surface area contributed by atoms with Gasteiger partial charge in [-0.25, -0.2) is 0 Å². The van der Waals surface area contributed by atoms with Crippen LogP contribution in [-0.2, 0) is 17.6 Å². The van der Waals surface area contributed by atoms with Crippen molar-refractivity contribution in [1.82, 2.24) is 4.90 Å². The van der Waals surface area contributed by atoms with Crippen LogP contribution in [0.1, 0.15) is 47.7 Å². The largest absolute Gasteiger partial charge is 0.493 e. The van der Waals surface area contributed by atoms with Crippen molar-refractivity contribution in [3.63, 3.8) is 0 Å². The maximum atomic E-state index is 13.0. The van der Waals surface area contributed by atoms with Gasteiger partial charge in [0.05, 0.1) is 25.5 Å². The summed E-state index contributed by atoms with van der Waals surface area (Å²) in [7, 11) is 3.06. The molecule has 2 aromatic rings. The van der Waals surface area contributed by atoms with Gasteiger partial charge in [0.1, 0.15) is 0 Å². The Morgan fingerprint density at radius 1 is 0.967 bits per heavy atom. The number of carbonyl (C=O) groups excluding carboxylic acids is 2. The molecule has 1 heterocycles. The van der Waals surface area contributed by atoms with Crippen molar-refractivity contribution >= 4 is 17.5 Å². The number of anilines is 1. The molecule has 2 amide bonds. The molecule has 1 N–H and O–H groups in total. The van der Waals surface area contributed by atoms with Gasteiger partial charge < -0.3 is 19.7 Å². The van der Waals surface area contributed by atoms with Crippen LogP contribution in [0.15, 0.2) is 36.4 Å². The fourth-order valence-corrected chi connectivity index (χ4v) is 3.66. The van der Waals surface area contributed by atoms with Crippen molar-refractivity contribution in [3.8, 4) is 11.5 Å². The molecule has 0 unspecified atom stereocenters. The van der Waals surface area contributed by atoms with Crippen molar-refractivity contribution in [3.05, 3.63) is 53.1 Å². The second kappa shape index (κ2) is 10.1. The van der Waals surface area contributed by atoms with E-state index < -0.39 is 0 Å². The molecule has 6 nitrogen and oxygen atoms in total. The summed E-state index contributed by atoms with van der Waals surface area (Å²) in [5, 5.41) is 2.91. The van der Waals surface area contributed by atoms with Crippen molar-refractivity contribution < 1.29 is 19.1 Å². The summed E-state index contributed by atoms with van der Waals surface area (Å²) in [5.74, 6) is 0.700. The second-order valence-electron chi connectivity index (χ2n) is 7.47. The molecule has 1 saturated heterocycles. The Bertz CT molecular complexity index is 887. The molecule has 0 aromatic heterocycles. The van der Waals surface area contributed by atoms with Crippen LogP contribution in [0, 0.1) is 0 Å². The topological polar surface area (TPSA) is 67.9 Å². The van der Waals surface area contributed by atoms with E-state index in [1.54, 1.807) is 12.1 Å². The summed E-state index contributed by atoms with van der Waals surface area (Å²) in [6.07, 6.45) is 3.96. The predicted molar refractivity (Wildman–Crippen MR) is 117 cm³/mol. The monoisotopic (exact) mass is 410 g/mol. The Kier molecular flexibility index (Phi) is 7.33. The number of aryl methyl sites for hydroxylation is 2. The van der Waals surface area contributed by atoms with E-state index >= 15 is 0 Å². The molecule has 2 aromatic carbocycles. The van der Waals surface area contributed by atoms with E-state index in [0.717, 1.165) is 37.9 Å². The summed E-state index contributed by atoms with van der Waals surface area (Å²) in [6, 6.07) is 11.6. The highest BCUT2D eigenvalue weighted by molar-refractivity contribution is 6.04. The molecule has 0 radical (unpaired) electrons. The highest BCUT2D eigenvalue weighted by atomic mass is 16.5. The fourth-order valence-electron chi connectivity index (χ4n) is 3.66. The molecule has 1 aliphatic rings. The Morgan fingerprint density at radius 2 is 1.57 bits per heavy atom. The zero-order valence-corrected chi connectivity index (χ0v) is 18.0. The smallest absolute Gasteiger partial charge is 0.256 e. The van der Waals surface area contributed by atoms with E-state index in [2.05, 4.69) is 36.5 Å². The molecule has 1 fully saturated rings. The number of ether oxygens (including phenoxy) is 2. The Hall–Kier alpha value is -3.02. The first-order valence-electron chi connectivity index (χ1n) is 10.5. The third-order valence-corrected chi connectivity index (χ3v) is 5.49. The Labute approximate surface area is 178 Å². The maximum absolute atomic E-state index is 13.0. The molecular weight excluding hydrogens is 380 g/mol. The van der Waals surface area contributed by atoms with Crippen LogP contribution < -0.4 is 14.8 Å². The van der Waals surface area contributed by atoms with E-state index in [-0.39, 0.29) is 11.8 Å². The normalized spacial score (nSPS) is 13.2. The van der Waals surface area contributed by atoms with Crippen molar-refractivity contribution in [2.24, 2.45) is 0 Å². The van der Waals surface area contributed by atoms with Crippen molar-refractivity contribution in [1.29, 1.82) is 0 Å². The zero-order valence-electron chi connectivity index (χ0n) is 18.0. The van der Waals surface area contributed by atoms with Crippen LogP contribution in [0.25, 0.3) is 0 Å². The first kappa shape index (κ1) is 21.7. The van der Waals surface area contributed by atoms with E-state index in [9.17, 15) is 9.59 Å². The molecule has 0 bridgehead atoms. The summed E-state index contributed by atoms with van der Waals surface area (Å²) in [5.41, 5.74) is 3.27. The lowest BCUT2D eigenvalue weighted by Gasteiger charge is -2.20. The van der Waals surface area contributed by atoms with Gasteiger partial charge in [-0.1, -0.05) is 31.2 Å². The van der Waals surface area contributed by atoms with Gasteiger partial charge in [-0.05, 0) is 42.9 Å². The fraction of sp³-hybridized carbons (Fsp3) is 0.417. The summed E-state index contributed by atoms with van der Waals surface area (Å²) in [4.78, 5) is 27.5. The van der Waals surface area contributed by atoms with Gasteiger partial charge in [0.2, 0.25) is 5.91 Å². The van der Waals surface area contributed by atoms with Gasteiger partial charge in [0.15, 0.2) is 11.5 Å². The van der Waals surface area contributed by atoms with Gasteiger partial charge in [-0.2, -0.15) is 0 Å². The molecule has 30 heavy (non-hydrogen) atoms. The molecule has 0 saturated carbocycles. The Morgan fingerprint density at radius 3 is 2.17 bits per heavy atom. The number of benzene rings is 2. The number of hydrogen-bond donors (Lipinski definition) is 1. The van der Waals surface area contributed by atoms with E-state index in [1.165, 1.54) is 19.8 Å². The minimum absolute atomic E-state index is 0.0982. The Balaban J connectivity index is 1.76. The van der Waals surface area contributed by atoms with Crippen LogP contribution in [-0.4, -0.2) is 44.0 Å². The van der Waals surface area contributed by atoms with Gasteiger partial charge >= 0.3 is 0 Å². The number of likely N-dealkylation sites (tertiary alicyclic amines) is 1. The lowest BCUT2D eigenvalue weighted by atomic mass is 10.1. The molecule has 0 atom stereocenters. The van der Waals surface area contributed by atoms with Gasteiger partial charge in [0, 0.05) is 25.6 Å². The molecular formula is C24H30N2O4. The molecule has 0 aliphatic carbocycles. The lowest BCUT2D eigenvalue weighted by molar-refractivity contribution is -0.116. The standard InChI is InChI=1S/C24H30N2O4/c1-4-17-7-9-18(10-8-17)11-12-23(27)25-20-16-22(30-3)21(29-2)15-19(20)24(28)26-13-5-6-14-26/h7-10,15-16H,4-6,11-14H2,1-3H3,(H,25,27). The number of rotatable bonds is 8. The number of hydrogen-bond acceptors (Lipinski definition) is 4. The highest BCUT2D eigenvalue weighted by Gasteiger charge is 2.25. The number of methoxy groups -OCH3 is 2. The van der Waals surface area contributed by atoms with Gasteiger partial charge in [-0.15, -0.1) is 0 Å². The van der Waals surface area contributed by atoms with E-state index in [4.69, 9.17) is 9.47 Å². The lowest BCUT2D eigenvalue weighted by Crippen LogP contribution is -2.29. The van der Waals surface area contributed by atoms with Crippen LogP contribution in [0.2, 0.25) is 0 Å². The molecule has 1 aliphatic heterocycles. The van der Waals surface area contributed by atoms with Crippen LogP contribution in [0.4, 0.5) is 5.69 Å². The molecule has 160 valence electrons. The van der Waals surface area contributed by atoms with Gasteiger partial charge in [0.25, 0.3) is 5.91 Å². The minimum atomic E-state index is -0.141. The van der Waals surface area contributed by atoms with Crippen molar-refractivity contribution in [2.75, 3.05) is 32.6 Å². The number of amides is 2. The number of nitrogens with zero attached hydrogens (tertiary/aromatic N) is 1. The van der Waals surface area contributed by atoms with Crippen LogP contribution in [0.5, 0.6) is 11.5 Å². The third-order valence-electron chi connectivity index (χ3n) is 5.49. The second-order valence-corrected chi connectivity index (χ2v) is 7.47. The minimum Gasteiger partial charge on any atom is -0.493 e. The van der Waals surface area contributed by atoms with Gasteiger partial charge in [-0.3, -0.25) is 9.59 Å². The molecule has 6 heteroatoms. The average molecular weight is 411 g/mol. The van der Waals surface area contributed by atoms with Crippen LogP contribution in [0.3, 0.4) is 0 Å². The average Bonchev–Trinajstić information content (AvgIpc) is 3.32. The zero-order chi connectivity index (χ0) is 21.5. The summed E-state index contributed by atoms with van der Waals surface area (Å²) < 4.78 is 10.7. The highest BCUT2D eigenvalue weighted by Crippen LogP contribution is 2.34. The number of nitrogens with one attached hydrogen (secondary N) is 1. The quantitative estimate of drug-likeness (QED) is 0.712. The maximum Gasteiger partial charge on any atom is 0.256 e. The molecule has 3 rings (SSSR count). The molecule has 0 spiro atoms. The van der Waals surface area contributed by atoms with E-state index in [0.29, 0.717) is 35.6 Å². The summed E-state index contributed by atoms with van der Waals surface area (Å²) >= 11 is 0. The summed E-state index contributed by atoms with van der Waals surface area (Å²) in [6.45, 7) is 3.58. The van der Waals surface area contributed by atoms with Crippen molar-refractivity contribution in [2.45, 2.75) is 39.0 Å². The third kappa shape index (κ3) is 5.12. The first-order valence-corrected chi connectivity index (χ1v) is 10.5. The van der Waals surface area contributed by atoms with E-state index in [1.807, 2.05) is 4.90 Å².